The van der Waals surface area contributed by atoms with Crippen LogP contribution in [0.25, 0.3) is 0 Å². The highest BCUT2D eigenvalue weighted by molar-refractivity contribution is 5.91. The van der Waals surface area contributed by atoms with Crippen LogP contribution in [-0.4, -0.2) is 75.3 Å². The topological polar surface area (TPSA) is 175 Å². The number of aromatic nitrogens is 2. The van der Waals surface area contributed by atoms with Gasteiger partial charge in [0, 0.05) is 31.3 Å². The third-order valence-corrected chi connectivity index (χ3v) is 8.44. The highest BCUT2D eigenvalue weighted by atomic mass is 16.6. The SMILES string of the molecule is CC(C)CCNC(=O)C[C@H](O)[C@H](CC1CCCCC1)NC(=O)[C@H](Cc1cnc[nH]1)NC(=O)[C@H](Cc1ccccc1)NC(=O)OC(C)(C)C. The summed E-state index contributed by atoms with van der Waals surface area (Å²) in [6.45, 7) is 9.87. The Morgan fingerprint density at radius 1 is 0.958 bits per heavy atom. The molecule has 1 aliphatic rings. The predicted octanol–water partition coefficient (Wildman–Crippen LogP) is 3.94. The second kappa shape index (κ2) is 19.2. The molecule has 1 aromatic carbocycles. The molecule has 4 atom stereocenters. The number of ether oxygens (including phenoxy) is 1. The molecule has 0 saturated heterocycles. The fourth-order valence-corrected chi connectivity index (χ4v) is 5.89. The summed E-state index contributed by atoms with van der Waals surface area (Å²) in [6, 6.07) is 6.43. The number of aliphatic hydroxyl groups is 1. The smallest absolute Gasteiger partial charge is 0.408 e. The Kier molecular flexibility index (Phi) is 15.4. The van der Waals surface area contributed by atoms with Crippen LogP contribution < -0.4 is 21.3 Å². The van der Waals surface area contributed by atoms with E-state index >= 15 is 0 Å². The minimum atomic E-state index is -1.11. The molecule has 0 spiro atoms. The first-order valence-electron chi connectivity index (χ1n) is 17.3. The number of alkyl carbamates (subject to hydrolysis) is 1. The maximum absolute atomic E-state index is 14.0. The molecule has 0 bridgehead atoms. The van der Waals surface area contributed by atoms with Gasteiger partial charge in [0.05, 0.1) is 24.9 Å². The fourth-order valence-electron chi connectivity index (χ4n) is 5.89. The monoisotopic (exact) mass is 668 g/mol. The third kappa shape index (κ3) is 14.5. The number of imidazole rings is 1. The molecule has 1 aliphatic carbocycles. The zero-order valence-electron chi connectivity index (χ0n) is 29.2. The summed E-state index contributed by atoms with van der Waals surface area (Å²) in [7, 11) is 0. The van der Waals surface area contributed by atoms with E-state index in [0.29, 0.717) is 30.5 Å². The minimum absolute atomic E-state index is 0.0873. The van der Waals surface area contributed by atoms with Crippen LogP contribution in [0.5, 0.6) is 0 Å². The summed E-state index contributed by atoms with van der Waals surface area (Å²) in [5.41, 5.74) is 0.648. The summed E-state index contributed by atoms with van der Waals surface area (Å²) in [5, 5.41) is 22.7. The van der Waals surface area contributed by atoms with Gasteiger partial charge in [0.15, 0.2) is 0 Å². The molecule has 1 heterocycles. The normalized spacial score (nSPS) is 16.3. The summed E-state index contributed by atoms with van der Waals surface area (Å²) in [4.78, 5) is 60.4. The average Bonchev–Trinajstić information content (AvgIpc) is 3.53. The van der Waals surface area contributed by atoms with Crippen LogP contribution in [0, 0.1) is 11.8 Å². The van der Waals surface area contributed by atoms with Crippen molar-refractivity contribution in [1.82, 2.24) is 31.2 Å². The number of hydrogen-bond donors (Lipinski definition) is 6. The largest absolute Gasteiger partial charge is 0.444 e. The minimum Gasteiger partial charge on any atom is -0.444 e. The van der Waals surface area contributed by atoms with Gasteiger partial charge < -0.3 is 36.1 Å². The third-order valence-electron chi connectivity index (χ3n) is 8.44. The second-order valence-electron chi connectivity index (χ2n) is 14.4. The predicted molar refractivity (Wildman–Crippen MR) is 184 cm³/mol. The zero-order chi connectivity index (χ0) is 35.1. The molecule has 12 heteroatoms. The molecule has 48 heavy (non-hydrogen) atoms. The maximum atomic E-state index is 14.0. The van der Waals surface area contributed by atoms with Gasteiger partial charge in [-0.2, -0.15) is 0 Å². The molecule has 1 saturated carbocycles. The van der Waals surface area contributed by atoms with Gasteiger partial charge in [-0.05, 0) is 51.0 Å². The van der Waals surface area contributed by atoms with Gasteiger partial charge >= 0.3 is 6.09 Å². The lowest BCUT2D eigenvalue weighted by atomic mass is 9.83. The van der Waals surface area contributed by atoms with E-state index in [1.165, 1.54) is 6.33 Å². The molecule has 1 aromatic heterocycles. The zero-order valence-corrected chi connectivity index (χ0v) is 29.2. The molecular formula is C36H56N6O6. The fraction of sp³-hybridized carbons (Fsp3) is 0.639. The van der Waals surface area contributed by atoms with E-state index in [0.717, 1.165) is 44.1 Å². The first-order chi connectivity index (χ1) is 22.8. The van der Waals surface area contributed by atoms with Crippen molar-refractivity contribution < 1.29 is 29.0 Å². The number of aliphatic hydroxyl groups excluding tert-OH is 1. The van der Waals surface area contributed by atoms with E-state index in [4.69, 9.17) is 4.74 Å². The first kappa shape index (κ1) is 38.5. The number of H-pyrrole nitrogens is 1. The second-order valence-corrected chi connectivity index (χ2v) is 14.4. The molecule has 0 radical (unpaired) electrons. The Labute approximate surface area is 285 Å². The van der Waals surface area contributed by atoms with Crippen LogP contribution in [0.4, 0.5) is 4.79 Å². The van der Waals surface area contributed by atoms with Crippen molar-refractivity contribution in [2.75, 3.05) is 6.54 Å². The van der Waals surface area contributed by atoms with E-state index in [1.54, 1.807) is 27.0 Å². The van der Waals surface area contributed by atoms with Gasteiger partial charge in [0.1, 0.15) is 17.7 Å². The molecular weight excluding hydrogens is 612 g/mol. The summed E-state index contributed by atoms with van der Waals surface area (Å²) in [6.07, 6.45) is 7.96. The van der Waals surface area contributed by atoms with Crippen molar-refractivity contribution in [3.8, 4) is 0 Å². The number of nitrogens with zero attached hydrogens (tertiary/aromatic N) is 1. The molecule has 0 aliphatic heterocycles. The molecule has 4 amide bonds. The van der Waals surface area contributed by atoms with Crippen molar-refractivity contribution >= 4 is 23.8 Å². The number of rotatable bonds is 17. The Balaban J connectivity index is 1.80. The number of nitrogens with one attached hydrogen (secondary N) is 5. The van der Waals surface area contributed by atoms with E-state index in [2.05, 4.69) is 45.1 Å². The van der Waals surface area contributed by atoms with Crippen molar-refractivity contribution in [2.24, 2.45) is 11.8 Å². The van der Waals surface area contributed by atoms with Crippen molar-refractivity contribution in [3.63, 3.8) is 0 Å². The molecule has 3 rings (SSSR count). The van der Waals surface area contributed by atoms with Crippen molar-refractivity contribution in [3.05, 3.63) is 54.1 Å². The summed E-state index contributed by atoms with van der Waals surface area (Å²) in [5.74, 6) is -0.615. The van der Waals surface area contributed by atoms with Gasteiger partial charge in [-0.3, -0.25) is 14.4 Å². The Bertz CT molecular complexity index is 1270. The molecule has 0 unspecified atom stereocenters. The van der Waals surface area contributed by atoms with Crippen LogP contribution in [0.1, 0.15) is 97.2 Å². The van der Waals surface area contributed by atoms with Gasteiger partial charge in [0.25, 0.3) is 0 Å². The maximum Gasteiger partial charge on any atom is 0.408 e. The van der Waals surface area contributed by atoms with Crippen molar-refractivity contribution in [2.45, 2.75) is 129 Å². The number of benzene rings is 1. The molecule has 2 aromatic rings. The van der Waals surface area contributed by atoms with Gasteiger partial charge in [-0.1, -0.05) is 76.3 Å². The van der Waals surface area contributed by atoms with Crippen LogP contribution in [-0.2, 0) is 32.0 Å². The van der Waals surface area contributed by atoms with E-state index in [9.17, 15) is 24.3 Å². The number of carbonyl (C=O) groups is 4. The van der Waals surface area contributed by atoms with Crippen LogP contribution in [0.3, 0.4) is 0 Å². The number of hydrogen-bond acceptors (Lipinski definition) is 7. The average molecular weight is 669 g/mol. The first-order valence-corrected chi connectivity index (χ1v) is 17.3. The Hall–Kier alpha value is -3.93. The van der Waals surface area contributed by atoms with Crippen LogP contribution in [0.2, 0.25) is 0 Å². The molecule has 266 valence electrons. The molecule has 1 fully saturated rings. The lowest BCUT2D eigenvalue weighted by molar-refractivity contribution is -0.131. The molecule has 12 nitrogen and oxygen atoms in total. The number of carbonyl (C=O) groups excluding carboxylic acids is 4. The van der Waals surface area contributed by atoms with Crippen LogP contribution in [0.15, 0.2) is 42.9 Å². The van der Waals surface area contributed by atoms with E-state index < -0.39 is 47.7 Å². The van der Waals surface area contributed by atoms with Gasteiger partial charge in [0.2, 0.25) is 17.7 Å². The summed E-state index contributed by atoms with van der Waals surface area (Å²) < 4.78 is 5.43. The van der Waals surface area contributed by atoms with Gasteiger partial charge in [-0.15, -0.1) is 0 Å². The quantitative estimate of drug-likeness (QED) is 0.148. The van der Waals surface area contributed by atoms with E-state index in [-0.39, 0.29) is 25.2 Å². The lowest BCUT2D eigenvalue weighted by Crippen LogP contribution is -2.58. The standard InChI is InChI=1S/C36H56N6O6/c1-24(2)16-17-38-32(44)21-31(43)28(18-25-12-8-6-9-13-25)40-34(46)30(20-27-22-37-23-39-27)41-33(45)29(19-26-14-10-7-11-15-26)42-35(47)48-36(3,4)5/h7,10-11,14-15,22-25,28-31,43H,6,8-9,12-13,16-21H2,1-5H3,(H,37,39)(H,38,44)(H,40,46)(H,41,45)(H,42,47)/t28-,29-,30-,31-/m0/s1. The van der Waals surface area contributed by atoms with E-state index in [1.807, 2.05) is 30.3 Å². The number of amides is 4. The van der Waals surface area contributed by atoms with Crippen LogP contribution >= 0.6 is 0 Å². The number of aromatic amines is 1. The highest BCUT2D eigenvalue weighted by Crippen LogP contribution is 2.28. The highest BCUT2D eigenvalue weighted by Gasteiger charge is 2.33. The Morgan fingerprint density at radius 2 is 1.62 bits per heavy atom. The summed E-state index contributed by atoms with van der Waals surface area (Å²) >= 11 is 0. The lowest BCUT2D eigenvalue weighted by Gasteiger charge is -2.31. The Morgan fingerprint density at radius 3 is 2.25 bits per heavy atom. The van der Waals surface area contributed by atoms with Gasteiger partial charge in [-0.25, -0.2) is 9.78 Å². The van der Waals surface area contributed by atoms with Crippen molar-refractivity contribution in [1.29, 1.82) is 0 Å². The molecule has 6 N–H and O–H groups in total.